The van der Waals surface area contributed by atoms with E-state index in [1.807, 2.05) is 25.3 Å². The molecule has 1 N–H and O–H groups in total. The lowest BCUT2D eigenvalue weighted by Crippen LogP contribution is -2.24. The van der Waals surface area contributed by atoms with Gasteiger partial charge in [0.25, 0.3) is 5.56 Å². The first-order valence-electron chi connectivity index (χ1n) is 7.60. The van der Waals surface area contributed by atoms with Crippen molar-refractivity contribution in [1.82, 2.24) is 14.9 Å². The number of hydrogen-bond acceptors (Lipinski definition) is 5. The van der Waals surface area contributed by atoms with Crippen LogP contribution in [0, 0.1) is 11.7 Å². The Balaban J connectivity index is 2.01. The minimum atomic E-state index is -0.323. The molecule has 2 heterocycles. The second-order valence-electron chi connectivity index (χ2n) is 6.25. The molecule has 1 aromatic carbocycles. The average molecular weight is 341 g/mol. The minimum Gasteiger partial charge on any atom is -0.347 e. The lowest BCUT2D eigenvalue weighted by molar-refractivity contribution is 0.641. The Bertz CT molecular complexity index is 967. The average Bonchev–Trinajstić information content (AvgIpc) is 2.75. The summed E-state index contributed by atoms with van der Waals surface area (Å²) < 4.78 is 1.31. The number of likely N-dealkylation sites (N-methyl/N-ethyl adjacent to an activating group) is 1. The molecule has 24 heavy (non-hydrogen) atoms. The van der Waals surface area contributed by atoms with E-state index in [4.69, 9.17) is 12.2 Å². The molecule has 0 bridgehead atoms. The fourth-order valence-corrected chi connectivity index (χ4v) is 3.23. The summed E-state index contributed by atoms with van der Waals surface area (Å²) in [4.78, 5) is 14.2. The molecule has 0 aliphatic carbocycles. The third kappa shape index (κ3) is 2.50. The van der Waals surface area contributed by atoms with E-state index in [1.165, 1.54) is 11.3 Å². The quantitative estimate of drug-likeness (QED) is 0.674. The Hall–Kier alpha value is -2.54. The van der Waals surface area contributed by atoms with E-state index >= 15 is 0 Å². The Labute approximate surface area is 145 Å². The Kier molecular flexibility index (Phi) is 3.96. The van der Waals surface area contributed by atoms with Crippen LogP contribution in [0.1, 0.15) is 25.1 Å². The third-order valence-corrected chi connectivity index (χ3v) is 4.63. The van der Waals surface area contributed by atoms with Gasteiger partial charge in [-0.05, 0) is 36.8 Å². The van der Waals surface area contributed by atoms with Crippen LogP contribution in [0.5, 0.6) is 0 Å². The van der Waals surface area contributed by atoms with Gasteiger partial charge >= 0.3 is 0 Å². The van der Waals surface area contributed by atoms with Crippen LogP contribution in [0.3, 0.4) is 0 Å². The van der Waals surface area contributed by atoms with E-state index in [2.05, 4.69) is 46.2 Å². The second-order valence-corrected chi connectivity index (χ2v) is 6.64. The van der Waals surface area contributed by atoms with Crippen LogP contribution in [0.4, 0.5) is 5.69 Å². The van der Waals surface area contributed by atoms with Crippen LogP contribution < -0.4 is 10.5 Å². The molecule has 1 aliphatic rings. The van der Waals surface area contributed by atoms with Crippen LogP contribution in [0.2, 0.25) is 0 Å². The Morgan fingerprint density at radius 3 is 2.75 bits per heavy atom. The number of aromatic amines is 1. The van der Waals surface area contributed by atoms with Crippen molar-refractivity contribution in [2.24, 2.45) is 5.10 Å². The number of H-pyrrole nitrogens is 1. The maximum absolute atomic E-state index is 12.1. The summed E-state index contributed by atoms with van der Waals surface area (Å²) in [5, 5.41) is 10.6. The summed E-state index contributed by atoms with van der Waals surface area (Å²) in [6.07, 6.45) is 3.51. The molecular formula is C17H19N5OS. The number of aromatic nitrogens is 3. The number of nitrogens with zero attached hydrogens (tertiary/aromatic N) is 4. The minimum absolute atomic E-state index is 0.139. The van der Waals surface area contributed by atoms with Crippen LogP contribution in [0.15, 0.2) is 45.9 Å². The van der Waals surface area contributed by atoms with E-state index in [1.54, 1.807) is 13.1 Å². The van der Waals surface area contributed by atoms with Crippen molar-refractivity contribution in [2.45, 2.75) is 26.2 Å². The van der Waals surface area contributed by atoms with Crippen LogP contribution >= 0.6 is 12.2 Å². The highest BCUT2D eigenvalue weighted by atomic mass is 32.1. The third-order valence-electron chi connectivity index (χ3n) is 4.37. The highest BCUT2D eigenvalue weighted by Crippen LogP contribution is 2.46. The van der Waals surface area contributed by atoms with Gasteiger partial charge in [-0.1, -0.05) is 32.0 Å². The summed E-state index contributed by atoms with van der Waals surface area (Å²) in [6.45, 7) is 5.96. The van der Waals surface area contributed by atoms with Gasteiger partial charge in [0.2, 0.25) is 4.77 Å². The first kappa shape index (κ1) is 16.3. The molecule has 1 aliphatic heterocycles. The van der Waals surface area contributed by atoms with Gasteiger partial charge in [0.1, 0.15) is 5.69 Å². The number of nitrogens with one attached hydrogen (secondary N) is 1. The fraction of sp³-hybridized carbons (Fsp3) is 0.294. The van der Waals surface area contributed by atoms with E-state index in [0.29, 0.717) is 5.69 Å². The van der Waals surface area contributed by atoms with E-state index in [0.717, 1.165) is 10.4 Å². The van der Waals surface area contributed by atoms with Gasteiger partial charge in [0.15, 0.2) is 0 Å². The summed E-state index contributed by atoms with van der Waals surface area (Å²) in [5.41, 5.74) is 3.40. The topological polar surface area (TPSA) is 66.3 Å². The molecule has 0 spiro atoms. The van der Waals surface area contributed by atoms with Gasteiger partial charge in [-0.3, -0.25) is 9.89 Å². The lowest BCUT2D eigenvalue weighted by Gasteiger charge is -2.23. The number of benzene rings is 1. The van der Waals surface area contributed by atoms with Gasteiger partial charge < -0.3 is 4.90 Å². The van der Waals surface area contributed by atoms with Crippen LogP contribution in [-0.4, -0.2) is 28.1 Å². The smallest absolute Gasteiger partial charge is 0.296 e. The van der Waals surface area contributed by atoms with E-state index in [-0.39, 0.29) is 15.7 Å². The maximum atomic E-state index is 12.1. The molecule has 0 amide bonds. The predicted molar refractivity (Wildman–Crippen MR) is 98.3 cm³/mol. The lowest BCUT2D eigenvalue weighted by atomic mass is 9.84. The molecule has 6 nitrogen and oxygen atoms in total. The number of aryl methyl sites for hydroxylation is 1. The maximum Gasteiger partial charge on any atom is 0.296 e. The van der Waals surface area contributed by atoms with Crippen molar-refractivity contribution in [2.75, 3.05) is 11.9 Å². The SMILES string of the molecule is Cc1n[nH]c(=S)n(/N=C/C=C2\N(C)c3ccccc3C2(C)C)c1=O. The zero-order valence-electron chi connectivity index (χ0n) is 14.1. The highest BCUT2D eigenvalue weighted by molar-refractivity contribution is 7.71. The molecule has 0 radical (unpaired) electrons. The molecule has 2 aromatic rings. The summed E-state index contributed by atoms with van der Waals surface area (Å²) in [5.74, 6) is 0. The van der Waals surface area contributed by atoms with Crippen LogP contribution in [-0.2, 0) is 5.41 Å². The standard InChI is InChI=1S/C17H19N5OS/c1-11-15(23)22(16(24)20-19-11)18-10-9-14-17(2,3)12-7-5-6-8-13(12)21(14)4/h5-10H,1-4H3,(H,20,24)/b14-9-,18-10+. The van der Waals surface area contributed by atoms with Gasteiger partial charge in [-0.25, -0.2) is 0 Å². The number of fused-ring (bicyclic) bond motifs is 1. The number of para-hydroxylation sites is 1. The van der Waals surface area contributed by atoms with Crippen molar-refractivity contribution < 1.29 is 0 Å². The molecule has 0 unspecified atom stereocenters. The molecule has 0 saturated heterocycles. The Morgan fingerprint density at radius 2 is 2.04 bits per heavy atom. The van der Waals surface area contributed by atoms with Crippen LogP contribution in [0.25, 0.3) is 0 Å². The molecule has 124 valence electrons. The highest BCUT2D eigenvalue weighted by Gasteiger charge is 2.37. The molecule has 7 heteroatoms. The van der Waals surface area contributed by atoms with Gasteiger partial charge in [0.05, 0.1) is 0 Å². The summed E-state index contributed by atoms with van der Waals surface area (Å²) in [6, 6.07) is 8.31. The van der Waals surface area contributed by atoms with Crippen molar-refractivity contribution >= 4 is 24.1 Å². The van der Waals surface area contributed by atoms with E-state index in [9.17, 15) is 4.79 Å². The molecule has 0 atom stereocenters. The van der Waals surface area contributed by atoms with Gasteiger partial charge in [0, 0.05) is 30.1 Å². The summed E-state index contributed by atoms with van der Waals surface area (Å²) >= 11 is 5.07. The first-order valence-corrected chi connectivity index (χ1v) is 8.01. The zero-order chi connectivity index (χ0) is 17.5. The monoisotopic (exact) mass is 341 g/mol. The predicted octanol–water partition coefficient (Wildman–Crippen LogP) is 2.75. The zero-order valence-corrected chi connectivity index (χ0v) is 14.9. The Morgan fingerprint density at radius 1 is 1.33 bits per heavy atom. The van der Waals surface area contributed by atoms with Crippen molar-refractivity contribution in [3.05, 3.63) is 62.4 Å². The van der Waals surface area contributed by atoms with Crippen molar-refractivity contribution in [1.29, 1.82) is 0 Å². The largest absolute Gasteiger partial charge is 0.347 e. The molecule has 1 aromatic heterocycles. The van der Waals surface area contributed by atoms with Crippen molar-refractivity contribution in [3.63, 3.8) is 0 Å². The van der Waals surface area contributed by atoms with E-state index < -0.39 is 0 Å². The normalized spacial score (nSPS) is 17.7. The molecule has 0 fully saturated rings. The fourth-order valence-electron chi connectivity index (χ4n) is 3.05. The number of anilines is 1. The molecular weight excluding hydrogens is 322 g/mol. The van der Waals surface area contributed by atoms with Gasteiger partial charge in [-0.2, -0.15) is 14.9 Å². The second kappa shape index (κ2) is 5.83. The molecule has 0 saturated carbocycles. The number of hydrogen-bond donors (Lipinski definition) is 1. The first-order chi connectivity index (χ1) is 11.3. The van der Waals surface area contributed by atoms with Crippen molar-refractivity contribution in [3.8, 4) is 0 Å². The number of rotatable bonds is 2. The van der Waals surface area contributed by atoms with Gasteiger partial charge in [-0.15, -0.1) is 0 Å². The summed E-state index contributed by atoms with van der Waals surface area (Å²) in [7, 11) is 2.03. The number of allylic oxidation sites excluding steroid dienone is 2. The molecule has 3 rings (SSSR count).